The minimum absolute atomic E-state index is 0.129. The number of piperidine rings is 1. The molecule has 1 unspecified atom stereocenters. The molecule has 0 bridgehead atoms. The highest BCUT2D eigenvalue weighted by molar-refractivity contribution is 7.82. The molecule has 0 spiro atoms. The summed E-state index contributed by atoms with van der Waals surface area (Å²) in [6.07, 6.45) is -3.53. The van der Waals surface area contributed by atoms with Gasteiger partial charge in [0.05, 0.1) is 16.2 Å². The first-order chi connectivity index (χ1) is 9.41. The number of benzene rings is 1. The van der Waals surface area contributed by atoms with Crippen molar-refractivity contribution < 1.29 is 22.6 Å². The van der Waals surface area contributed by atoms with Crippen molar-refractivity contribution in [2.75, 3.05) is 13.1 Å². The number of halogens is 3. The Balaban J connectivity index is 2.14. The molecule has 0 aromatic heterocycles. The largest absolute Gasteiger partial charge is 0.416 e. The van der Waals surface area contributed by atoms with Crippen LogP contribution in [0.3, 0.4) is 0 Å². The molecule has 1 aromatic rings. The SMILES string of the molecule is O=S(c1cccc(C(F)(F)F)c1)N1CCC(=NO)CC1. The van der Waals surface area contributed by atoms with Crippen LogP contribution in [-0.2, 0) is 17.2 Å². The van der Waals surface area contributed by atoms with Crippen LogP contribution in [0.4, 0.5) is 13.2 Å². The van der Waals surface area contributed by atoms with Gasteiger partial charge < -0.3 is 5.21 Å². The zero-order valence-electron chi connectivity index (χ0n) is 10.4. The Kier molecular flexibility index (Phi) is 4.44. The number of nitrogens with zero attached hydrogens (tertiary/aromatic N) is 2. The highest BCUT2D eigenvalue weighted by atomic mass is 32.2. The third-order valence-corrected chi connectivity index (χ3v) is 4.53. The number of oxime groups is 1. The summed E-state index contributed by atoms with van der Waals surface area (Å²) in [5, 5.41) is 11.7. The van der Waals surface area contributed by atoms with Crippen molar-refractivity contribution in [1.29, 1.82) is 0 Å². The van der Waals surface area contributed by atoms with Crippen LogP contribution in [0.5, 0.6) is 0 Å². The lowest BCUT2D eigenvalue weighted by molar-refractivity contribution is -0.137. The van der Waals surface area contributed by atoms with E-state index in [0.717, 1.165) is 12.1 Å². The summed E-state index contributed by atoms with van der Waals surface area (Å²) in [5.41, 5.74) is -0.194. The van der Waals surface area contributed by atoms with Gasteiger partial charge in [-0.2, -0.15) is 13.2 Å². The highest BCUT2D eigenvalue weighted by Crippen LogP contribution is 2.30. The molecule has 20 heavy (non-hydrogen) atoms. The quantitative estimate of drug-likeness (QED) is 0.674. The van der Waals surface area contributed by atoms with Crippen molar-refractivity contribution in [1.82, 2.24) is 4.31 Å². The maximum Gasteiger partial charge on any atom is 0.416 e. The van der Waals surface area contributed by atoms with Crippen molar-refractivity contribution >= 4 is 16.7 Å². The summed E-state index contributed by atoms with van der Waals surface area (Å²) in [7, 11) is -1.64. The van der Waals surface area contributed by atoms with Crippen LogP contribution in [0.2, 0.25) is 0 Å². The van der Waals surface area contributed by atoms with Gasteiger partial charge in [-0.1, -0.05) is 11.2 Å². The van der Waals surface area contributed by atoms with E-state index < -0.39 is 22.7 Å². The number of alkyl halides is 3. The Bertz CT molecular complexity index is 536. The van der Waals surface area contributed by atoms with Gasteiger partial charge in [-0.25, -0.2) is 8.51 Å². The molecule has 1 fully saturated rings. The summed E-state index contributed by atoms with van der Waals surface area (Å²) in [4.78, 5) is 0.129. The van der Waals surface area contributed by atoms with Crippen molar-refractivity contribution in [3.63, 3.8) is 0 Å². The molecule has 0 saturated carbocycles. The molecule has 0 radical (unpaired) electrons. The molecule has 1 saturated heterocycles. The smallest absolute Gasteiger partial charge is 0.411 e. The Morgan fingerprint density at radius 1 is 1.25 bits per heavy atom. The summed E-state index contributed by atoms with van der Waals surface area (Å²) in [5.74, 6) is 0. The van der Waals surface area contributed by atoms with Crippen molar-refractivity contribution in [2.24, 2.45) is 5.16 Å². The van der Waals surface area contributed by atoms with E-state index in [1.807, 2.05) is 0 Å². The van der Waals surface area contributed by atoms with Gasteiger partial charge in [-0.05, 0) is 18.2 Å². The zero-order chi connectivity index (χ0) is 14.8. The van der Waals surface area contributed by atoms with E-state index in [1.165, 1.54) is 12.1 Å². The fraction of sp³-hybridized carbons (Fsp3) is 0.417. The van der Waals surface area contributed by atoms with Gasteiger partial charge >= 0.3 is 6.18 Å². The first-order valence-corrected chi connectivity index (χ1v) is 7.06. The maximum absolute atomic E-state index is 12.6. The van der Waals surface area contributed by atoms with Crippen LogP contribution >= 0.6 is 0 Å². The fourth-order valence-corrected chi connectivity index (χ4v) is 3.18. The number of rotatable bonds is 2. The molecule has 2 rings (SSSR count). The molecule has 110 valence electrons. The second kappa shape index (κ2) is 5.92. The van der Waals surface area contributed by atoms with E-state index in [9.17, 15) is 17.4 Å². The van der Waals surface area contributed by atoms with Crippen LogP contribution in [0.25, 0.3) is 0 Å². The Hall–Kier alpha value is -1.41. The molecule has 8 heteroatoms. The lowest BCUT2D eigenvalue weighted by Crippen LogP contribution is -2.35. The van der Waals surface area contributed by atoms with Crippen LogP contribution in [0.1, 0.15) is 18.4 Å². The van der Waals surface area contributed by atoms with Crippen molar-refractivity contribution in [2.45, 2.75) is 23.9 Å². The third kappa shape index (κ3) is 3.37. The van der Waals surface area contributed by atoms with E-state index in [1.54, 1.807) is 4.31 Å². The van der Waals surface area contributed by atoms with Crippen molar-refractivity contribution in [3.05, 3.63) is 29.8 Å². The maximum atomic E-state index is 12.6. The van der Waals surface area contributed by atoms with Crippen LogP contribution in [0, 0.1) is 0 Å². The molecule has 1 aliphatic rings. The average Bonchev–Trinajstić information content (AvgIpc) is 2.46. The normalized spacial score (nSPS) is 18.9. The van der Waals surface area contributed by atoms with Crippen LogP contribution in [-0.4, -0.2) is 32.5 Å². The van der Waals surface area contributed by atoms with E-state index in [4.69, 9.17) is 5.21 Å². The van der Waals surface area contributed by atoms with Gasteiger partial charge in [0.2, 0.25) is 0 Å². The monoisotopic (exact) mass is 306 g/mol. The molecule has 0 aliphatic carbocycles. The van der Waals surface area contributed by atoms with Gasteiger partial charge in [0, 0.05) is 25.9 Å². The van der Waals surface area contributed by atoms with Gasteiger partial charge in [0.25, 0.3) is 0 Å². The van der Waals surface area contributed by atoms with Gasteiger partial charge in [-0.15, -0.1) is 0 Å². The predicted molar refractivity (Wildman–Crippen MR) is 67.9 cm³/mol. The number of hydrogen-bond donors (Lipinski definition) is 1. The summed E-state index contributed by atoms with van der Waals surface area (Å²) in [6, 6.07) is 4.53. The van der Waals surface area contributed by atoms with Crippen LogP contribution in [0.15, 0.2) is 34.3 Å². The lowest BCUT2D eigenvalue weighted by atomic mass is 10.1. The molecule has 1 atom stereocenters. The zero-order valence-corrected chi connectivity index (χ0v) is 11.2. The van der Waals surface area contributed by atoms with Crippen molar-refractivity contribution in [3.8, 4) is 0 Å². The summed E-state index contributed by atoms with van der Waals surface area (Å²) in [6.45, 7) is 0.782. The second-order valence-electron chi connectivity index (χ2n) is 4.37. The third-order valence-electron chi connectivity index (χ3n) is 3.04. The Morgan fingerprint density at radius 3 is 2.45 bits per heavy atom. The summed E-state index contributed by atoms with van der Waals surface area (Å²) >= 11 is 0. The van der Waals surface area contributed by atoms with E-state index in [2.05, 4.69) is 5.16 Å². The first kappa shape index (κ1) is 15.0. The highest BCUT2D eigenvalue weighted by Gasteiger charge is 2.31. The molecular weight excluding hydrogens is 293 g/mol. The molecule has 1 aromatic carbocycles. The fourth-order valence-electron chi connectivity index (χ4n) is 1.94. The van der Waals surface area contributed by atoms with Crippen LogP contribution < -0.4 is 0 Å². The van der Waals surface area contributed by atoms with E-state index >= 15 is 0 Å². The standard InChI is InChI=1S/C12H13F3N2O2S/c13-12(14,15)9-2-1-3-11(8-9)20(19)17-6-4-10(16-18)5-7-17/h1-3,8,18H,4-7H2. The molecule has 1 heterocycles. The first-order valence-electron chi connectivity index (χ1n) is 5.95. The summed E-state index contributed by atoms with van der Waals surface area (Å²) < 4.78 is 51.7. The minimum Gasteiger partial charge on any atom is -0.411 e. The van der Waals surface area contributed by atoms with E-state index in [0.29, 0.717) is 31.6 Å². The molecular formula is C12H13F3N2O2S. The number of hydrogen-bond acceptors (Lipinski definition) is 3. The second-order valence-corrected chi connectivity index (χ2v) is 5.86. The predicted octanol–water partition coefficient (Wildman–Crippen LogP) is 2.65. The van der Waals surface area contributed by atoms with Gasteiger partial charge in [0.1, 0.15) is 11.0 Å². The minimum atomic E-state index is -4.45. The lowest BCUT2D eigenvalue weighted by Gasteiger charge is -2.25. The molecule has 1 aliphatic heterocycles. The average molecular weight is 306 g/mol. The Morgan fingerprint density at radius 2 is 1.90 bits per heavy atom. The molecule has 1 N–H and O–H groups in total. The Labute approximate surface area is 116 Å². The van der Waals surface area contributed by atoms with Gasteiger partial charge in [0.15, 0.2) is 0 Å². The van der Waals surface area contributed by atoms with Gasteiger partial charge in [-0.3, -0.25) is 0 Å². The topological polar surface area (TPSA) is 52.9 Å². The molecule has 0 amide bonds. The van der Waals surface area contributed by atoms with E-state index in [-0.39, 0.29) is 4.90 Å². The molecule has 4 nitrogen and oxygen atoms in total.